The van der Waals surface area contributed by atoms with E-state index in [-0.39, 0.29) is 0 Å². The van der Waals surface area contributed by atoms with Gasteiger partial charge >= 0.3 is 0 Å². The monoisotopic (exact) mass is 311 g/mol. The summed E-state index contributed by atoms with van der Waals surface area (Å²) in [6.07, 6.45) is 5.64. The van der Waals surface area contributed by atoms with E-state index in [4.69, 9.17) is 4.74 Å². The second-order valence-corrected chi connectivity index (χ2v) is 5.97. The lowest BCUT2D eigenvalue weighted by Gasteiger charge is -2.11. The van der Waals surface area contributed by atoms with Crippen LogP contribution in [0.15, 0.2) is 22.7 Å². The van der Waals surface area contributed by atoms with Gasteiger partial charge in [-0.15, -0.1) is 0 Å². The van der Waals surface area contributed by atoms with Crippen molar-refractivity contribution in [1.29, 1.82) is 0 Å². The molecule has 0 bridgehead atoms. The Labute approximate surface area is 118 Å². The average molecular weight is 312 g/mol. The van der Waals surface area contributed by atoms with E-state index in [1.54, 1.807) is 0 Å². The Morgan fingerprint density at radius 2 is 2.11 bits per heavy atom. The van der Waals surface area contributed by atoms with Gasteiger partial charge in [-0.05, 0) is 56.0 Å². The van der Waals surface area contributed by atoms with E-state index in [0.717, 1.165) is 35.8 Å². The van der Waals surface area contributed by atoms with E-state index in [1.165, 1.54) is 31.2 Å². The molecule has 0 radical (unpaired) electrons. The highest BCUT2D eigenvalue weighted by Gasteiger charge is 2.13. The number of benzene rings is 1. The molecule has 0 aromatic heterocycles. The van der Waals surface area contributed by atoms with Crippen LogP contribution in [0.2, 0.25) is 0 Å². The van der Waals surface area contributed by atoms with Gasteiger partial charge in [-0.2, -0.15) is 0 Å². The van der Waals surface area contributed by atoms with Gasteiger partial charge in [0.2, 0.25) is 0 Å². The van der Waals surface area contributed by atoms with Gasteiger partial charge in [-0.3, -0.25) is 0 Å². The van der Waals surface area contributed by atoms with Crippen LogP contribution in [0.3, 0.4) is 0 Å². The number of halogens is 1. The van der Waals surface area contributed by atoms with Crippen molar-refractivity contribution in [3.8, 4) is 5.75 Å². The first-order valence-corrected chi connectivity index (χ1v) is 7.64. The number of hydrogen-bond donors (Lipinski definition) is 1. The first-order valence-electron chi connectivity index (χ1n) is 6.85. The van der Waals surface area contributed by atoms with Crippen LogP contribution in [0.4, 0.5) is 0 Å². The predicted octanol–water partition coefficient (Wildman–Crippen LogP) is 3.92. The summed E-state index contributed by atoms with van der Waals surface area (Å²) in [6, 6.07) is 6.12. The number of hydrogen-bond acceptors (Lipinski definition) is 2. The zero-order valence-corrected chi connectivity index (χ0v) is 12.6. The Kier molecular flexibility index (Phi) is 5.51. The van der Waals surface area contributed by atoms with Gasteiger partial charge in [0.15, 0.2) is 0 Å². The maximum absolute atomic E-state index is 5.72. The van der Waals surface area contributed by atoms with Crippen molar-refractivity contribution in [3.05, 3.63) is 28.2 Å². The molecule has 1 aliphatic rings. The third-order valence-electron chi connectivity index (χ3n) is 3.58. The molecule has 1 aromatic rings. The third-order valence-corrected chi connectivity index (χ3v) is 4.47. The van der Waals surface area contributed by atoms with Gasteiger partial charge in [-0.25, -0.2) is 0 Å². The molecule has 1 saturated carbocycles. The highest BCUT2D eigenvalue weighted by Crippen LogP contribution is 2.23. The van der Waals surface area contributed by atoms with Crippen molar-refractivity contribution >= 4 is 15.9 Å². The minimum atomic E-state index is 0.744. The molecule has 0 heterocycles. The van der Waals surface area contributed by atoms with E-state index in [9.17, 15) is 0 Å². The topological polar surface area (TPSA) is 21.3 Å². The molecule has 2 nitrogen and oxygen atoms in total. The van der Waals surface area contributed by atoms with Crippen LogP contribution in [0.25, 0.3) is 0 Å². The molecule has 0 aliphatic heterocycles. The van der Waals surface area contributed by atoms with Gasteiger partial charge in [0.1, 0.15) is 12.4 Å². The molecular formula is C15H22BrNO. The summed E-state index contributed by atoms with van der Waals surface area (Å²) in [4.78, 5) is 0. The molecule has 18 heavy (non-hydrogen) atoms. The Bertz CT molecular complexity index is 375. The molecule has 100 valence electrons. The molecule has 0 saturated heterocycles. The SMILES string of the molecule is Cc1cc(OCCNCC2CCCC2)ccc1Br. The van der Waals surface area contributed by atoms with E-state index in [2.05, 4.69) is 34.2 Å². The molecule has 3 heteroatoms. The zero-order chi connectivity index (χ0) is 12.8. The van der Waals surface area contributed by atoms with Crippen LogP contribution in [0, 0.1) is 12.8 Å². The standard InChI is InChI=1S/C15H22BrNO/c1-12-10-14(6-7-15(12)16)18-9-8-17-11-13-4-2-3-5-13/h6-7,10,13,17H,2-5,8-9,11H2,1H3. The van der Waals surface area contributed by atoms with Gasteiger partial charge in [-0.1, -0.05) is 28.8 Å². The summed E-state index contributed by atoms with van der Waals surface area (Å²) < 4.78 is 6.86. The minimum Gasteiger partial charge on any atom is -0.492 e. The van der Waals surface area contributed by atoms with E-state index >= 15 is 0 Å². The molecule has 0 amide bonds. The largest absolute Gasteiger partial charge is 0.492 e. The van der Waals surface area contributed by atoms with E-state index in [0.29, 0.717) is 0 Å². The van der Waals surface area contributed by atoms with Crippen molar-refractivity contribution < 1.29 is 4.74 Å². The molecule has 1 aromatic carbocycles. The summed E-state index contributed by atoms with van der Waals surface area (Å²) in [5, 5.41) is 3.49. The van der Waals surface area contributed by atoms with Gasteiger partial charge in [0.25, 0.3) is 0 Å². The van der Waals surface area contributed by atoms with Crippen molar-refractivity contribution in [1.82, 2.24) is 5.32 Å². The lowest BCUT2D eigenvalue weighted by molar-refractivity contribution is 0.308. The van der Waals surface area contributed by atoms with Crippen LogP contribution < -0.4 is 10.1 Å². The molecule has 1 N–H and O–H groups in total. The van der Waals surface area contributed by atoms with Crippen LogP contribution >= 0.6 is 15.9 Å². The number of rotatable bonds is 6. The van der Waals surface area contributed by atoms with E-state index in [1.807, 2.05) is 12.1 Å². The van der Waals surface area contributed by atoms with Gasteiger partial charge < -0.3 is 10.1 Å². The number of nitrogens with one attached hydrogen (secondary N) is 1. The fraction of sp³-hybridized carbons (Fsp3) is 0.600. The Morgan fingerprint density at radius 1 is 1.33 bits per heavy atom. The highest BCUT2D eigenvalue weighted by molar-refractivity contribution is 9.10. The van der Waals surface area contributed by atoms with Crippen LogP contribution in [0.1, 0.15) is 31.2 Å². The summed E-state index contributed by atoms with van der Waals surface area (Å²) in [5.74, 6) is 1.86. The van der Waals surface area contributed by atoms with E-state index < -0.39 is 0 Å². The maximum Gasteiger partial charge on any atom is 0.119 e. The minimum absolute atomic E-state index is 0.744. The fourth-order valence-electron chi connectivity index (χ4n) is 2.47. The number of aryl methyl sites for hydroxylation is 1. The van der Waals surface area contributed by atoms with Crippen LogP contribution in [-0.2, 0) is 0 Å². The first-order chi connectivity index (χ1) is 8.75. The molecular weight excluding hydrogens is 290 g/mol. The van der Waals surface area contributed by atoms with Gasteiger partial charge in [0, 0.05) is 11.0 Å². The van der Waals surface area contributed by atoms with Crippen LogP contribution in [0.5, 0.6) is 5.75 Å². The lowest BCUT2D eigenvalue weighted by atomic mass is 10.1. The molecule has 2 rings (SSSR count). The molecule has 0 unspecified atom stereocenters. The normalized spacial score (nSPS) is 16.1. The van der Waals surface area contributed by atoms with Crippen LogP contribution in [-0.4, -0.2) is 19.7 Å². The molecule has 0 spiro atoms. The summed E-state index contributed by atoms with van der Waals surface area (Å²) in [5.41, 5.74) is 1.21. The van der Waals surface area contributed by atoms with Crippen molar-refractivity contribution in [3.63, 3.8) is 0 Å². The second-order valence-electron chi connectivity index (χ2n) is 5.11. The molecule has 1 fully saturated rings. The quantitative estimate of drug-likeness (QED) is 0.804. The third kappa shape index (κ3) is 4.29. The van der Waals surface area contributed by atoms with Crippen molar-refractivity contribution in [2.45, 2.75) is 32.6 Å². The highest BCUT2D eigenvalue weighted by atomic mass is 79.9. The Morgan fingerprint density at radius 3 is 2.83 bits per heavy atom. The van der Waals surface area contributed by atoms with Crippen molar-refractivity contribution in [2.24, 2.45) is 5.92 Å². The van der Waals surface area contributed by atoms with Crippen molar-refractivity contribution in [2.75, 3.05) is 19.7 Å². The predicted molar refractivity (Wildman–Crippen MR) is 79.2 cm³/mol. The summed E-state index contributed by atoms with van der Waals surface area (Å²) >= 11 is 3.49. The lowest BCUT2D eigenvalue weighted by Crippen LogP contribution is -2.26. The smallest absolute Gasteiger partial charge is 0.119 e. The molecule has 1 aliphatic carbocycles. The zero-order valence-electron chi connectivity index (χ0n) is 11.0. The summed E-state index contributed by atoms with van der Waals surface area (Å²) in [6.45, 7) is 4.91. The Balaban J connectivity index is 1.61. The maximum atomic E-state index is 5.72. The average Bonchev–Trinajstić information content (AvgIpc) is 2.86. The molecule has 0 atom stereocenters. The number of ether oxygens (including phenoxy) is 1. The van der Waals surface area contributed by atoms with Gasteiger partial charge in [0.05, 0.1) is 0 Å². The fourth-order valence-corrected chi connectivity index (χ4v) is 2.72. The Hall–Kier alpha value is -0.540. The second kappa shape index (κ2) is 7.15. The summed E-state index contributed by atoms with van der Waals surface area (Å²) in [7, 11) is 0. The first kappa shape index (κ1) is 13.9.